The highest BCUT2D eigenvalue weighted by molar-refractivity contribution is 7.98. The van der Waals surface area contributed by atoms with E-state index in [0.717, 1.165) is 0 Å². The minimum atomic E-state index is -1.40. The lowest BCUT2D eigenvalue weighted by atomic mass is 10.0. The quantitative estimate of drug-likeness (QED) is 0.0184. The molecule has 0 saturated heterocycles. The molecule has 0 radical (unpaired) electrons. The van der Waals surface area contributed by atoms with Gasteiger partial charge in [-0.1, -0.05) is 26.0 Å². The number of guanidine groups is 2. The third kappa shape index (κ3) is 32.9. The number of aliphatic carboxylic acids is 2. The zero-order valence-electron chi connectivity index (χ0n) is 49.2. The van der Waals surface area contributed by atoms with E-state index in [4.69, 9.17) is 39.5 Å². The molecule has 0 aliphatic carbocycles. The Morgan fingerprint density at radius 3 is 1.21 bits per heavy atom. The molecule has 480 valence electrons. The van der Waals surface area contributed by atoms with Crippen LogP contribution in [-0.2, 0) is 54.4 Å². The van der Waals surface area contributed by atoms with Gasteiger partial charge < -0.3 is 92.3 Å². The van der Waals surface area contributed by atoms with Crippen molar-refractivity contribution in [3.05, 3.63) is 29.8 Å². The molecule has 1 rings (SSSR count). The van der Waals surface area contributed by atoms with Crippen molar-refractivity contribution in [2.45, 2.75) is 158 Å². The summed E-state index contributed by atoms with van der Waals surface area (Å²) >= 11 is 4.13. The number of amides is 8. The van der Waals surface area contributed by atoms with Crippen LogP contribution < -0.4 is 76.9 Å². The Kier molecular flexibility index (Phi) is 38.5. The number of hydrogen-bond donors (Lipinski definition) is 17. The second-order valence-corrected chi connectivity index (χ2v) is 23.3. The molecular weight excluding hydrogens is 1160 g/mol. The zero-order valence-corrected chi connectivity index (χ0v) is 51.7. The van der Waals surface area contributed by atoms with E-state index in [2.05, 4.69) is 52.5 Å². The average Bonchev–Trinajstić information content (AvgIpc) is 3.66. The van der Waals surface area contributed by atoms with Crippen molar-refractivity contribution >= 4 is 106 Å². The van der Waals surface area contributed by atoms with Crippen molar-refractivity contribution in [3.63, 3.8) is 0 Å². The number of hydrogen-bond acceptors (Lipinski definition) is 18. The Balaban J connectivity index is 3.69. The topological polar surface area (TPSA) is 508 Å². The monoisotopic (exact) mass is 1260 g/mol. The van der Waals surface area contributed by atoms with Crippen LogP contribution in [0.2, 0.25) is 0 Å². The number of carbonyl (C=O) groups is 10. The van der Waals surface area contributed by atoms with Gasteiger partial charge in [0.2, 0.25) is 47.3 Å². The number of phenols is 1. The van der Waals surface area contributed by atoms with E-state index in [-0.39, 0.29) is 114 Å². The number of phenolic OH excluding ortho intramolecular Hbond substituents is 1. The highest BCUT2D eigenvalue weighted by atomic mass is 32.2. The van der Waals surface area contributed by atoms with Crippen LogP contribution in [-0.4, -0.2) is 196 Å². The summed E-state index contributed by atoms with van der Waals surface area (Å²) in [4.78, 5) is 144. The summed E-state index contributed by atoms with van der Waals surface area (Å²) in [5, 5.41) is 50.2. The van der Waals surface area contributed by atoms with Crippen LogP contribution in [0.25, 0.3) is 0 Å². The molecule has 29 nitrogen and oxygen atoms in total. The molecule has 0 heterocycles. The third-order valence-electron chi connectivity index (χ3n) is 12.8. The summed E-state index contributed by atoms with van der Waals surface area (Å²) in [7, 11) is 0. The Labute approximate surface area is 509 Å². The molecule has 9 atom stereocenters. The number of carboxylic acid groups (broad SMARTS) is 2. The standard InChI is InChI=1S/C53H92N16O13S3/c1-30(2)28-40(68-43(73)33(55)17-18-42(71)72)49(79)64-36(12-9-24-61-53(58)59)46(76)63-35(11-8-23-60-52(56)57)45(75)62-34(10-6-7-22-54)44(74)65-37(19-25-83-3)47(77)66-38(20-26-84-4)48(78)69-41(29-31-13-15-32(70)16-14-31)50(80)67-39(51(81)82)21-27-85-5/h13-16,30,33-41,70H,6-12,17-29,54-55H2,1-5H3,(H,62,75)(H,63,76)(H,64,79)(H,65,74)(H,66,77)(H,67,80)(H,68,73)(H,69,78)(H,71,72)(H,81,82)(H4,56,57,60)(H4,58,59,61)/t33-,34-,35-,36-,37-,38-,39-,40-,41-/m0/s1. The number of unbranched alkanes of at least 4 members (excludes halogenated alkanes) is 1. The molecule has 0 aromatic heterocycles. The Bertz CT molecular complexity index is 2350. The van der Waals surface area contributed by atoms with Gasteiger partial charge in [0.15, 0.2) is 11.9 Å². The number of thioether (sulfide) groups is 3. The minimum absolute atomic E-state index is 0.00988. The van der Waals surface area contributed by atoms with E-state index in [1.54, 1.807) is 32.6 Å². The zero-order chi connectivity index (χ0) is 64.0. The molecule has 85 heavy (non-hydrogen) atoms. The number of rotatable bonds is 45. The first-order valence-electron chi connectivity index (χ1n) is 28.0. The van der Waals surface area contributed by atoms with E-state index in [1.807, 2.05) is 0 Å². The molecule has 0 saturated carbocycles. The van der Waals surface area contributed by atoms with Crippen LogP contribution >= 0.6 is 35.3 Å². The van der Waals surface area contributed by atoms with Gasteiger partial charge >= 0.3 is 11.9 Å². The molecule has 1 aromatic carbocycles. The van der Waals surface area contributed by atoms with Gasteiger partial charge in [0.1, 0.15) is 54.1 Å². The van der Waals surface area contributed by atoms with Gasteiger partial charge in [0, 0.05) is 25.9 Å². The number of nitrogens with zero attached hydrogens (tertiary/aromatic N) is 2. The number of aromatic hydroxyl groups is 1. The summed E-state index contributed by atoms with van der Waals surface area (Å²) in [6.07, 6.45) is 5.76. The maximum Gasteiger partial charge on any atom is 0.326 e. The maximum absolute atomic E-state index is 14.5. The largest absolute Gasteiger partial charge is 0.508 e. The Hall–Kier alpha value is -6.77. The first-order valence-corrected chi connectivity index (χ1v) is 32.1. The fourth-order valence-electron chi connectivity index (χ4n) is 8.18. The SMILES string of the molecule is CSCC[C@H](NC(=O)[C@H](Cc1ccc(O)cc1)NC(=O)[C@H](CCSC)NC(=O)[C@H](CCSC)NC(=O)[C@H](CCCCN)NC(=O)[C@H](CCCN=C(N)N)NC(=O)[C@H](CCCN=C(N)N)NC(=O)[C@H](CC(C)C)NC(=O)[C@@H](N)CCC(=O)O)C(=O)O. The first-order chi connectivity index (χ1) is 40.3. The van der Waals surface area contributed by atoms with Gasteiger partial charge in [0.25, 0.3) is 0 Å². The van der Waals surface area contributed by atoms with Crippen molar-refractivity contribution in [2.24, 2.45) is 50.3 Å². The molecule has 0 aliphatic heterocycles. The van der Waals surface area contributed by atoms with Crippen LogP contribution in [0.4, 0.5) is 0 Å². The lowest BCUT2D eigenvalue weighted by Gasteiger charge is -2.28. The van der Waals surface area contributed by atoms with Crippen LogP contribution in [0, 0.1) is 5.92 Å². The summed E-state index contributed by atoms with van der Waals surface area (Å²) in [5.74, 6) is -8.43. The van der Waals surface area contributed by atoms with Crippen molar-refractivity contribution in [1.82, 2.24) is 42.5 Å². The molecule has 23 N–H and O–H groups in total. The molecule has 0 aliphatic rings. The minimum Gasteiger partial charge on any atom is -0.508 e. The number of benzene rings is 1. The van der Waals surface area contributed by atoms with Crippen LogP contribution in [0.3, 0.4) is 0 Å². The van der Waals surface area contributed by atoms with E-state index in [1.165, 1.54) is 59.6 Å². The molecule has 1 aromatic rings. The van der Waals surface area contributed by atoms with E-state index < -0.39 is 120 Å². The first kappa shape index (κ1) is 76.2. The fraction of sp³-hybridized carbons (Fsp3) is 0.660. The summed E-state index contributed by atoms with van der Waals surface area (Å²) in [5.41, 5.74) is 34.5. The van der Waals surface area contributed by atoms with Gasteiger partial charge in [0.05, 0.1) is 6.04 Å². The molecule has 0 unspecified atom stereocenters. The number of carbonyl (C=O) groups excluding carboxylic acids is 8. The number of nitrogens with two attached hydrogens (primary N) is 6. The number of nitrogens with one attached hydrogen (secondary N) is 8. The summed E-state index contributed by atoms with van der Waals surface area (Å²) in [6, 6.07) is -5.91. The molecular formula is C53H92N16O13S3. The lowest BCUT2D eigenvalue weighted by Crippen LogP contribution is -2.60. The maximum atomic E-state index is 14.5. The van der Waals surface area contributed by atoms with Crippen LogP contribution in [0.5, 0.6) is 5.75 Å². The van der Waals surface area contributed by atoms with Gasteiger partial charge in [-0.25, -0.2) is 4.79 Å². The predicted molar refractivity (Wildman–Crippen MR) is 331 cm³/mol. The summed E-state index contributed by atoms with van der Waals surface area (Å²) in [6.45, 7) is 3.86. The van der Waals surface area contributed by atoms with Gasteiger partial charge in [-0.05, 0) is 143 Å². The van der Waals surface area contributed by atoms with Crippen molar-refractivity contribution in [2.75, 3.05) is 55.7 Å². The highest BCUT2D eigenvalue weighted by Gasteiger charge is 2.35. The van der Waals surface area contributed by atoms with E-state index in [9.17, 15) is 58.2 Å². The Morgan fingerprint density at radius 2 is 0.835 bits per heavy atom. The van der Waals surface area contributed by atoms with Gasteiger partial charge in [-0.15, -0.1) is 0 Å². The fourth-order valence-corrected chi connectivity index (χ4v) is 9.60. The lowest BCUT2D eigenvalue weighted by molar-refractivity contribution is -0.142. The van der Waals surface area contributed by atoms with E-state index in [0.29, 0.717) is 35.7 Å². The van der Waals surface area contributed by atoms with Gasteiger partial charge in [-0.2, -0.15) is 35.3 Å². The smallest absolute Gasteiger partial charge is 0.326 e. The van der Waals surface area contributed by atoms with Gasteiger partial charge in [-0.3, -0.25) is 53.1 Å². The molecule has 32 heteroatoms. The third-order valence-corrected chi connectivity index (χ3v) is 14.7. The van der Waals surface area contributed by atoms with E-state index >= 15 is 0 Å². The predicted octanol–water partition coefficient (Wildman–Crippen LogP) is -2.37. The normalized spacial score (nSPS) is 14.2. The Morgan fingerprint density at radius 1 is 0.482 bits per heavy atom. The number of carboxylic acids is 2. The van der Waals surface area contributed by atoms with Crippen LogP contribution in [0.1, 0.15) is 103 Å². The second-order valence-electron chi connectivity index (χ2n) is 20.4. The molecule has 0 spiro atoms. The molecule has 0 fully saturated rings. The average molecular weight is 1260 g/mol. The highest BCUT2D eigenvalue weighted by Crippen LogP contribution is 2.15. The van der Waals surface area contributed by atoms with Crippen molar-refractivity contribution < 1.29 is 63.3 Å². The molecule has 8 amide bonds. The van der Waals surface area contributed by atoms with Crippen LogP contribution in [0.15, 0.2) is 34.3 Å². The van der Waals surface area contributed by atoms with Crippen molar-refractivity contribution in [1.29, 1.82) is 0 Å². The number of aliphatic imine (C=N–C) groups is 2. The summed E-state index contributed by atoms with van der Waals surface area (Å²) < 4.78 is 0. The van der Waals surface area contributed by atoms with Crippen molar-refractivity contribution in [3.8, 4) is 5.75 Å². The molecule has 0 bridgehead atoms. The second kappa shape index (κ2) is 42.9.